The lowest BCUT2D eigenvalue weighted by Crippen LogP contribution is -2.44. The molecule has 12 heteroatoms. The number of hydrazone groups is 2. The molecule has 4 aliphatic rings. The monoisotopic (exact) mass is 675 g/mol. The number of hydrogen-bond donors (Lipinski definition) is 1. The fourth-order valence-corrected chi connectivity index (χ4v) is 9.08. The largest absolute Gasteiger partial charge is 0.341 e. The minimum Gasteiger partial charge on any atom is -0.329 e. The number of aryl methyl sites for hydroxylation is 2. The van der Waals surface area contributed by atoms with Crippen LogP contribution in [0.1, 0.15) is 46.2 Å². The molecular weight excluding hydrogens is 647 g/mol. The zero-order valence-corrected chi connectivity index (χ0v) is 27.1. The van der Waals surface area contributed by atoms with Crippen molar-refractivity contribution in [1.82, 2.24) is 15.3 Å². The summed E-state index contributed by atoms with van der Waals surface area (Å²) < 4.78 is 55.2. The maximum absolute atomic E-state index is 14.3. The first-order chi connectivity index (χ1) is 22.6. The van der Waals surface area contributed by atoms with Crippen LogP contribution in [-0.4, -0.2) is 40.1 Å². The van der Waals surface area contributed by atoms with E-state index in [1.165, 1.54) is 50.6 Å². The summed E-state index contributed by atoms with van der Waals surface area (Å²) in [4.78, 5) is 13.2. The van der Waals surface area contributed by atoms with Crippen molar-refractivity contribution in [3.8, 4) is 0 Å². The molecule has 2 heterocycles. The minimum absolute atomic E-state index is 0.0767. The molecule has 240 valence electrons. The van der Waals surface area contributed by atoms with Crippen LogP contribution in [0, 0.1) is 23.3 Å². The smallest absolute Gasteiger partial charge is 0.329 e. The van der Waals surface area contributed by atoms with Crippen LogP contribution in [0.4, 0.5) is 22.4 Å². The molecule has 0 radical (unpaired) electrons. The molecule has 2 aliphatic heterocycles. The van der Waals surface area contributed by atoms with Crippen molar-refractivity contribution in [2.75, 3.05) is 14.1 Å². The summed E-state index contributed by atoms with van der Waals surface area (Å²) in [6, 6.07) is 22.5. The third-order valence-corrected chi connectivity index (χ3v) is 11.5. The Morgan fingerprint density at radius 2 is 1.34 bits per heavy atom. The second-order valence-electron chi connectivity index (χ2n) is 11.8. The van der Waals surface area contributed by atoms with Crippen molar-refractivity contribution in [2.45, 2.75) is 35.4 Å². The van der Waals surface area contributed by atoms with Crippen LogP contribution in [-0.2, 0) is 22.6 Å². The number of carbonyl (C=O) groups excluding carboxylic acids is 1. The Hall–Kier alpha value is -4.29. The fraction of sp³-hybridized carbons (Fsp3) is 0.229. The highest BCUT2D eigenvalue weighted by atomic mass is 32.2. The van der Waals surface area contributed by atoms with Crippen molar-refractivity contribution < 1.29 is 22.4 Å². The van der Waals surface area contributed by atoms with Gasteiger partial charge in [0.25, 0.3) is 0 Å². The lowest BCUT2D eigenvalue weighted by molar-refractivity contribution is 0.143. The van der Waals surface area contributed by atoms with Gasteiger partial charge >= 0.3 is 6.03 Å². The highest BCUT2D eigenvalue weighted by Gasteiger charge is 2.53. The number of nitrogens with one attached hydrogen (secondary N) is 1. The molecule has 2 atom stereocenters. The van der Waals surface area contributed by atoms with Crippen molar-refractivity contribution in [3.63, 3.8) is 0 Å². The molecule has 4 aromatic rings. The molecule has 2 unspecified atom stereocenters. The Morgan fingerprint density at radius 1 is 0.766 bits per heavy atom. The summed E-state index contributed by atoms with van der Waals surface area (Å²) in [6.45, 7) is 0. The van der Waals surface area contributed by atoms with Crippen LogP contribution in [0.2, 0.25) is 0 Å². The Kier molecular flexibility index (Phi) is 8.04. The molecule has 6 nitrogen and oxygen atoms in total. The fourth-order valence-electron chi connectivity index (χ4n) is 6.36. The Bertz CT molecular complexity index is 1970. The Labute approximate surface area is 277 Å². The van der Waals surface area contributed by atoms with Crippen molar-refractivity contribution in [2.24, 2.45) is 10.2 Å². The summed E-state index contributed by atoms with van der Waals surface area (Å²) in [7, 11) is 3.30. The topological polar surface area (TPSA) is 60.3 Å². The molecule has 1 N–H and O–H groups in total. The van der Waals surface area contributed by atoms with Gasteiger partial charge in [0.05, 0.1) is 0 Å². The molecule has 2 amide bonds. The average Bonchev–Trinajstić information content (AvgIpc) is 3.86. The average molecular weight is 676 g/mol. The van der Waals surface area contributed by atoms with Crippen LogP contribution in [0.3, 0.4) is 0 Å². The van der Waals surface area contributed by atoms with Crippen molar-refractivity contribution in [1.29, 1.82) is 0 Å². The molecule has 4 aromatic carbocycles. The summed E-state index contributed by atoms with van der Waals surface area (Å²) in [5.41, 5.74) is 8.05. The highest BCUT2D eigenvalue weighted by Crippen LogP contribution is 2.55. The maximum atomic E-state index is 14.3. The Morgan fingerprint density at radius 3 is 2.00 bits per heavy atom. The maximum Gasteiger partial charge on any atom is 0.341 e. The number of urea groups is 1. The standard InChI is InChI=1S/C19H17F2N3OS.C16H12F2N2S/c1-23(2)18(25)24-19(10-9-12-5-3-4-6-15(12)19)26-17(22-24)14-11-13(20)7-8-16(14)21;17-11-5-6-14(18)12(9-11)15-19-20-16(21-15)8-7-10-3-1-2-4-13(10)16/h3-8,11H,9-10H2,1-2H3;1-6,9,20H,7-8H2. The second-order valence-corrected chi connectivity index (χ2v) is 14.4. The van der Waals surface area contributed by atoms with Crippen molar-refractivity contribution >= 4 is 39.6 Å². The van der Waals surface area contributed by atoms with Gasteiger partial charge in [-0.15, -0.1) is 0 Å². The molecule has 0 aromatic heterocycles. The number of hydrogen-bond acceptors (Lipinski definition) is 6. The van der Waals surface area contributed by atoms with Crippen molar-refractivity contribution in [3.05, 3.63) is 142 Å². The van der Waals surface area contributed by atoms with Gasteiger partial charge in [-0.25, -0.2) is 22.4 Å². The predicted molar refractivity (Wildman–Crippen MR) is 178 cm³/mol. The van der Waals surface area contributed by atoms with E-state index in [4.69, 9.17) is 0 Å². The second kappa shape index (κ2) is 12.1. The molecule has 8 rings (SSSR count). The van der Waals surface area contributed by atoms with E-state index in [-0.39, 0.29) is 22.0 Å². The van der Waals surface area contributed by atoms with E-state index in [9.17, 15) is 22.4 Å². The first-order valence-corrected chi connectivity index (χ1v) is 16.6. The van der Waals surface area contributed by atoms with E-state index < -0.39 is 28.1 Å². The van der Waals surface area contributed by atoms with E-state index >= 15 is 0 Å². The van der Waals surface area contributed by atoms with Gasteiger partial charge in [0.2, 0.25) is 0 Å². The third-order valence-electron chi connectivity index (χ3n) is 8.66. The van der Waals surface area contributed by atoms with E-state index in [1.807, 2.05) is 36.4 Å². The van der Waals surface area contributed by atoms with Crippen LogP contribution >= 0.6 is 23.5 Å². The lowest BCUT2D eigenvalue weighted by atomic mass is 10.1. The molecular formula is C35H29F4N5OS2. The highest BCUT2D eigenvalue weighted by molar-refractivity contribution is 8.15. The third kappa shape index (κ3) is 5.46. The van der Waals surface area contributed by atoms with Crippen LogP contribution in [0.25, 0.3) is 0 Å². The van der Waals surface area contributed by atoms with Gasteiger partial charge in [-0.3, -0.25) is 5.43 Å². The SMILES string of the molecule is CN(C)C(=O)N1N=C(c2cc(F)ccc2F)SC12CCc1ccccc12.Fc1ccc(F)c(C2=NNC3(CCc4ccccc43)S2)c1. The lowest BCUT2D eigenvalue weighted by Gasteiger charge is -2.33. The molecule has 0 fully saturated rings. The number of carbonyl (C=O) groups is 1. The number of fused-ring (bicyclic) bond motifs is 4. The van der Waals surface area contributed by atoms with Gasteiger partial charge in [0.15, 0.2) is 0 Å². The number of rotatable bonds is 2. The molecule has 0 saturated carbocycles. The van der Waals surface area contributed by atoms with Crippen LogP contribution in [0.15, 0.2) is 95.1 Å². The van der Waals surface area contributed by atoms with Gasteiger partial charge in [0, 0.05) is 25.2 Å². The summed E-state index contributed by atoms with van der Waals surface area (Å²) >= 11 is 2.79. The summed E-state index contributed by atoms with van der Waals surface area (Å²) in [5.74, 6) is -2.00. The number of nitrogens with zero attached hydrogens (tertiary/aromatic N) is 4. The molecule has 0 saturated heterocycles. The zero-order chi connectivity index (χ0) is 32.9. The van der Waals surface area contributed by atoms with Gasteiger partial charge in [-0.1, -0.05) is 72.1 Å². The first kappa shape index (κ1) is 31.3. The number of thioether (sulfide) groups is 2. The number of halogens is 4. The van der Waals surface area contributed by atoms with Gasteiger partial charge in [0.1, 0.15) is 43.1 Å². The van der Waals surface area contributed by atoms with Crippen LogP contribution in [0.5, 0.6) is 0 Å². The number of benzene rings is 4. The van der Waals surface area contributed by atoms with Crippen LogP contribution < -0.4 is 5.43 Å². The summed E-state index contributed by atoms with van der Waals surface area (Å²) in [5, 5.41) is 10.9. The quantitative estimate of drug-likeness (QED) is 0.220. The van der Waals surface area contributed by atoms with E-state index in [1.54, 1.807) is 14.1 Å². The molecule has 0 bridgehead atoms. The van der Waals surface area contributed by atoms with E-state index in [2.05, 4.69) is 27.8 Å². The normalized spacial score (nSPS) is 22.0. The van der Waals surface area contributed by atoms with Gasteiger partial charge < -0.3 is 4.90 Å². The van der Waals surface area contributed by atoms with Gasteiger partial charge in [-0.05, 0) is 84.3 Å². The van der Waals surface area contributed by atoms with E-state index in [0.717, 1.165) is 60.7 Å². The number of amides is 2. The predicted octanol–water partition coefficient (Wildman–Crippen LogP) is 7.92. The molecule has 2 aliphatic carbocycles. The molecule has 2 spiro atoms. The zero-order valence-electron chi connectivity index (χ0n) is 25.4. The van der Waals surface area contributed by atoms with Gasteiger partial charge in [-0.2, -0.15) is 15.2 Å². The molecule has 47 heavy (non-hydrogen) atoms. The minimum atomic E-state index is -0.730. The van der Waals surface area contributed by atoms with E-state index in [0.29, 0.717) is 16.5 Å². The Balaban J connectivity index is 0.000000153. The first-order valence-electron chi connectivity index (χ1n) is 15.0. The summed E-state index contributed by atoms with van der Waals surface area (Å²) in [6.07, 6.45) is 3.32.